The lowest BCUT2D eigenvalue weighted by molar-refractivity contribution is 0.181. The van der Waals surface area contributed by atoms with Crippen LogP contribution in [0.5, 0.6) is 0 Å². The Morgan fingerprint density at radius 1 is 1.06 bits per heavy atom. The number of alkyl halides is 1. The Balaban J connectivity index is 1.77. The van der Waals surface area contributed by atoms with Crippen LogP contribution in [0.2, 0.25) is 0 Å². The number of benzene rings is 1. The van der Waals surface area contributed by atoms with Gasteiger partial charge in [-0.1, -0.05) is 29.8 Å². The van der Waals surface area contributed by atoms with Gasteiger partial charge < -0.3 is 9.80 Å². The molecule has 3 heteroatoms. The van der Waals surface area contributed by atoms with Crippen molar-refractivity contribution in [2.75, 3.05) is 4.90 Å². The van der Waals surface area contributed by atoms with Crippen molar-refractivity contribution in [2.24, 2.45) is 0 Å². The topological polar surface area (TPSA) is 6.48 Å². The van der Waals surface area contributed by atoms with Gasteiger partial charge in [0.1, 0.15) is 0 Å². The van der Waals surface area contributed by atoms with E-state index in [4.69, 9.17) is 11.6 Å². The van der Waals surface area contributed by atoms with Crippen LogP contribution < -0.4 is 4.90 Å². The Hall–Kier alpha value is -1.15. The third kappa shape index (κ3) is 1.57. The van der Waals surface area contributed by atoms with Gasteiger partial charge >= 0.3 is 0 Å². The number of rotatable bonds is 2. The molecule has 2 nitrogen and oxygen atoms in total. The predicted molar refractivity (Wildman–Crippen MR) is 67.2 cm³/mol. The van der Waals surface area contributed by atoms with Gasteiger partial charge in [0, 0.05) is 24.1 Å². The fraction of sp³-hybridized carbons (Fsp3) is 0.385. The van der Waals surface area contributed by atoms with Crippen LogP contribution in [-0.2, 0) is 0 Å². The van der Waals surface area contributed by atoms with E-state index >= 15 is 0 Å². The molecular formula is C13H15ClN2. The second-order valence-electron chi connectivity index (χ2n) is 4.38. The molecule has 1 unspecified atom stereocenters. The summed E-state index contributed by atoms with van der Waals surface area (Å²) in [5.74, 6) is 0. The van der Waals surface area contributed by atoms with Crippen molar-refractivity contribution in [3.63, 3.8) is 0 Å². The third-order valence-electron chi connectivity index (χ3n) is 3.43. The summed E-state index contributed by atoms with van der Waals surface area (Å²) in [6.07, 6.45) is 8.08. The summed E-state index contributed by atoms with van der Waals surface area (Å²) in [5, 5.41) is 0. The van der Waals surface area contributed by atoms with Crippen LogP contribution in [-0.4, -0.2) is 16.6 Å². The van der Waals surface area contributed by atoms with Crippen molar-refractivity contribution < 1.29 is 0 Å². The first-order valence-corrected chi connectivity index (χ1v) is 6.23. The molecule has 1 saturated carbocycles. The van der Waals surface area contributed by atoms with Crippen LogP contribution in [0.25, 0.3) is 0 Å². The minimum atomic E-state index is -0.0623. The van der Waals surface area contributed by atoms with Crippen molar-refractivity contribution in [1.82, 2.24) is 4.90 Å². The zero-order valence-corrected chi connectivity index (χ0v) is 9.85. The van der Waals surface area contributed by atoms with E-state index in [-0.39, 0.29) is 5.62 Å². The molecular weight excluding hydrogens is 220 g/mol. The summed E-state index contributed by atoms with van der Waals surface area (Å²) in [7, 11) is 0. The van der Waals surface area contributed by atoms with Crippen LogP contribution in [0, 0.1) is 0 Å². The maximum atomic E-state index is 6.48. The highest BCUT2D eigenvalue weighted by Gasteiger charge is 2.33. The van der Waals surface area contributed by atoms with E-state index in [1.165, 1.54) is 19.3 Å². The van der Waals surface area contributed by atoms with Gasteiger partial charge in [-0.25, -0.2) is 0 Å². The smallest absolute Gasteiger partial charge is 0.183 e. The zero-order valence-electron chi connectivity index (χ0n) is 9.09. The number of hydrogen-bond acceptors (Lipinski definition) is 2. The zero-order chi connectivity index (χ0) is 11.0. The first-order valence-electron chi connectivity index (χ1n) is 5.79. The Morgan fingerprint density at radius 2 is 1.81 bits per heavy atom. The Labute approximate surface area is 101 Å². The van der Waals surface area contributed by atoms with Crippen molar-refractivity contribution in [3.05, 3.63) is 42.7 Å². The van der Waals surface area contributed by atoms with Crippen molar-refractivity contribution in [2.45, 2.75) is 30.9 Å². The molecule has 0 bridgehead atoms. The molecule has 1 atom stereocenters. The van der Waals surface area contributed by atoms with Crippen LogP contribution >= 0.6 is 11.6 Å². The van der Waals surface area contributed by atoms with E-state index in [9.17, 15) is 0 Å². The third-order valence-corrected chi connectivity index (χ3v) is 3.86. The molecule has 16 heavy (non-hydrogen) atoms. The molecule has 0 spiro atoms. The molecule has 0 amide bonds. The minimum absolute atomic E-state index is 0.0623. The number of nitrogens with zero attached hydrogens (tertiary/aromatic N) is 2. The first-order chi connectivity index (χ1) is 7.86. The fourth-order valence-electron chi connectivity index (χ4n) is 2.22. The summed E-state index contributed by atoms with van der Waals surface area (Å²) in [5.41, 5.74) is 1.09. The van der Waals surface area contributed by atoms with E-state index in [0.29, 0.717) is 6.04 Å². The SMILES string of the molecule is ClC1N(c2ccccc2)C=CN1C1CCC1. The fourth-order valence-corrected chi connectivity index (χ4v) is 2.63. The molecule has 3 rings (SSSR count). The minimum Gasteiger partial charge on any atom is -0.340 e. The highest BCUT2D eigenvalue weighted by molar-refractivity contribution is 6.22. The average Bonchev–Trinajstić information content (AvgIpc) is 2.60. The molecule has 0 N–H and O–H groups in total. The summed E-state index contributed by atoms with van der Waals surface area (Å²) >= 11 is 6.48. The molecule has 2 aliphatic rings. The Kier molecular flexibility index (Phi) is 2.52. The number of anilines is 1. The lowest BCUT2D eigenvalue weighted by Gasteiger charge is -2.38. The Morgan fingerprint density at radius 3 is 2.44 bits per heavy atom. The lowest BCUT2D eigenvalue weighted by Crippen LogP contribution is -2.43. The monoisotopic (exact) mass is 234 g/mol. The van der Waals surface area contributed by atoms with E-state index in [2.05, 4.69) is 34.3 Å². The molecule has 1 aliphatic heterocycles. The van der Waals surface area contributed by atoms with E-state index in [0.717, 1.165) is 5.69 Å². The summed E-state index contributed by atoms with van der Waals surface area (Å²) in [6.45, 7) is 0. The predicted octanol–water partition coefficient (Wildman–Crippen LogP) is 3.35. The molecule has 1 aromatic carbocycles. The van der Waals surface area contributed by atoms with Crippen LogP contribution in [0.4, 0.5) is 5.69 Å². The van der Waals surface area contributed by atoms with Crippen molar-refractivity contribution >= 4 is 17.3 Å². The van der Waals surface area contributed by atoms with Crippen molar-refractivity contribution in [3.8, 4) is 0 Å². The van der Waals surface area contributed by atoms with E-state index in [1.807, 2.05) is 18.2 Å². The highest BCUT2D eigenvalue weighted by Crippen LogP contribution is 2.34. The van der Waals surface area contributed by atoms with Gasteiger partial charge in [0.25, 0.3) is 0 Å². The second kappa shape index (κ2) is 4.02. The number of halogens is 1. The van der Waals surface area contributed by atoms with Crippen LogP contribution in [0.3, 0.4) is 0 Å². The number of hydrogen-bond donors (Lipinski definition) is 0. The van der Waals surface area contributed by atoms with E-state index < -0.39 is 0 Å². The maximum Gasteiger partial charge on any atom is 0.183 e. The van der Waals surface area contributed by atoms with Crippen LogP contribution in [0.15, 0.2) is 42.7 Å². The van der Waals surface area contributed by atoms with Gasteiger partial charge in [-0.15, -0.1) is 0 Å². The molecule has 1 aliphatic carbocycles. The Bertz CT molecular complexity index is 386. The van der Waals surface area contributed by atoms with Gasteiger partial charge in [-0.3, -0.25) is 0 Å². The summed E-state index contributed by atoms with van der Waals surface area (Å²) < 4.78 is 0. The quantitative estimate of drug-likeness (QED) is 0.572. The first kappa shape index (κ1) is 10.0. The molecule has 1 heterocycles. The average molecular weight is 235 g/mol. The lowest BCUT2D eigenvalue weighted by atomic mass is 9.92. The van der Waals surface area contributed by atoms with Gasteiger partial charge in [0.05, 0.1) is 0 Å². The molecule has 0 radical (unpaired) electrons. The summed E-state index contributed by atoms with van der Waals surface area (Å²) in [6, 6.07) is 10.9. The molecule has 1 fully saturated rings. The highest BCUT2D eigenvalue weighted by atomic mass is 35.5. The van der Waals surface area contributed by atoms with E-state index in [1.54, 1.807) is 0 Å². The van der Waals surface area contributed by atoms with Gasteiger partial charge in [-0.2, -0.15) is 0 Å². The van der Waals surface area contributed by atoms with Gasteiger partial charge in [0.15, 0.2) is 5.62 Å². The summed E-state index contributed by atoms with van der Waals surface area (Å²) in [4.78, 5) is 4.37. The maximum absolute atomic E-state index is 6.48. The van der Waals surface area contributed by atoms with Gasteiger partial charge in [0.2, 0.25) is 0 Å². The molecule has 0 saturated heterocycles. The van der Waals surface area contributed by atoms with Gasteiger partial charge in [-0.05, 0) is 31.4 Å². The molecule has 1 aromatic rings. The molecule has 0 aromatic heterocycles. The standard InChI is InChI=1S/C13H15ClN2/c14-13-15(11-5-2-1-3-6-11)9-10-16(13)12-7-4-8-12/h1-3,5-6,9-10,12-13H,4,7-8H2. The van der Waals surface area contributed by atoms with Crippen molar-refractivity contribution in [1.29, 1.82) is 0 Å². The van der Waals surface area contributed by atoms with Crippen LogP contribution in [0.1, 0.15) is 19.3 Å². The molecule has 84 valence electrons. The number of para-hydroxylation sites is 1. The second-order valence-corrected chi connectivity index (χ2v) is 4.77. The largest absolute Gasteiger partial charge is 0.340 e. The normalized spacial score (nSPS) is 24.9.